The van der Waals surface area contributed by atoms with E-state index in [1.54, 1.807) is 13.0 Å². The number of ether oxygens (including phenoxy) is 1. The fourth-order valence-corrected chi connectivity index (χ4v) is 1.66. The fraction of sp³-hybridized carbons (Fsp3) is 0.533. The van der Waals surface area contributed by atoms with Crippen molar-refractivity contribution in [3.63, 3.8) is 0 Å². The summed E-state index contributed by atoms with van der Waals surface area (Å²) in [5.41, 5.74) is 1.50. The van der Waals surface area contributed by atoms with E-state index in [1.807, 2.05) is 18.2 Å². The van der Waals surface area contributed by atoms with Crippen molar-refractivity contribution in [2.24, 2.45) is 0 Å². The molecule has 0 spiro atoms. The zero-order valence-corrected chi connectivity index (χ0v) is 12.2. The largest absolute Gasteiger partial charge is 0.462 e. The third-order valence-electron chi connectivity index (χ3n) is 2.52. The van der Waals surface area contributed by atoms with Crippen molar-refractivity contribution in [2.45, 2.75) is 33.2 Å². The second-order valence-corrected chi connectivity index (χ2v) is 5.37. The normalized spacial score (nSPS) is 11.2. The number of para-hydroxylation sites is 1. The summed E-state index contributed by atoms with van der Waals surface area (Å²) in [4.78, 5) is 11.8. The van der Waals surface area contributed by atoms with Gasteiger partial charge in [-0.1, -0.05) is 12.1 Å². The first-order chi connectivity index (χ1) is 8.94. The molecule has 0 aliphatic heterocycles. The van der Waals surface area contributed by atoms with E-state index < -0.39 is 0 Å². The molecule has 2 N–H and O–H groups in total. The van der Waals surface area contributed by atoms with E-state index in [0.717, 1.165) is 18.8 Å². The summed E-state index contributed by atoms with van der Waals surface area (Å²) in [6, 6.07) is 7.41. The van der Waals surface area contributed by atoms with Crippen LogP contribution in [0.3, 0.4) is 0 Å². The van der Waals surface area contributed by atoms with Gasteiger partial charge in [-0.05, 0) is 39.8 Å². The number of hydrogen-bond donors (Lipinski definition) is 2. The minimum Gasteiger partial charge on any atom is -0.462 e. The molecular weight excluding hydrogens is 240 g/mol. The molecule has 0 bridgehead atoms. The van der Waals surface area contributed by atoms with Crippen LogP contribution in [0, 0.1) is 0 Å². The predicted octanol–water partition coefficient (Wildman–Crippen LogP) is 2.66. The van der Waals surface area contributed by atoms with Gasteiger partial charge in [0, 0.05) is 24.3 Å². The molecule has 0 amide bonds. The van der Waals surface area contributed by atoms with Gasteiger partial charge in [0.25, 0.3) is 0 Å². The Bertz CT molecular complexity index is 411. The van der Waals surface area contributed by atoms with E-state index >= 15 is 0 Å². The first-order valence-corrected chi connectivity index (χ1v) is 6.69. The van der Waals surface area contributed by atoms with Gasteiger partial charge in [0.1, 0.15) is 0 Å². The van der Waals surface area contributed by atoms with Gasteiger partial charge < -0.3 is 15.4 Å². The van der Waals surface area contributed by atoms with E-state index in [2.05, 4.69) is 31.4 Å². The zero-order valence-electron chi connectivity index (χ0n) is 12.2. The Kier molecular flexibility index (Phi) is 5.83. The highest BCUT2D eigenvalue weighted by Crippen LogP contribution is 2.15. The summed E-state index contributed by atoms with van der Waals surface area (Å²) >= 11 is 0. The maximum Gasteiger partial charge on any atom is 0.340 e. The average Bonchev–Trinajstić information content (AvgIpc) is 2.34. The van der Waals surface area contributed by atoms with Crippen LogP contribution in [0.2, 0.25) is 0 Å². The Labute approximate surface area is 115 Å². The first kappa shape index (κ1) is 15.5. The lowest BCUT2D eigenvalue weighted by Gasteiger charge is -2.21. The molecule has 106 valence electrons. The molecule has 0 aliphatic carbocycles. The van der Waals surface area contributed by atoms with Crippen molar-refractivity contribution in [3.05, 3.63) is 29.8 Å². The van der Waals surface area contributed by atoms with Gasteiger partial charge in [0.15, 0.2) is 0 Å². The van der Waals surface area contributed by atoms with Crippen LogP contribution in [0.15, 0.2) is 24.3 Å². The fourth-order valence-electron chi connectivity index (χ4n) is 1.66. The highest BCUT2D eigenvalue weighted by molar-refractivity contribution is 5.95. The molecule has 0 unspecified atom stereocenters. The molecule has 0 aromatic heterocycles. The standard InChI is InChI=1S/C15H24N2O2/c1-5-19-14(18)12-8-6-7-9-13(12)16-10-11-17-15(2,3)4/h6-9,16-17H,5,10-11H2,1-4H3. The summed E-state index contributed by atoms with van der Waals surface area (Å²) in [6.07, 6.45) is 0. The Balaban J connectivity index is 2.56. The Morgan fingerprint density at radius 2 is 1.89 bits per heavy atom. The van der Waals surface area contributed by atoms with E-state index in [-0.39, 0.29) is 11.5 Å². The van der Waals surface area contributed by atoms with Crippen LogP contribution in [0.4, 0.5) is 5.69 Å². The van der Waals surface area contributed by atoms with Gasteiger partial charge >= 0.3 is 5.97 Å². The summed E-state index contributed by atoms with van der Waals surface area (Å²) in [7, 11) is 0. The van der Waals surface area contributed by atoms with Crippen LogP contribution in [-0.4, -0.2) is 31.2 Å². The third-order valence-corrected chi connectivity index (χ3v) is 2.52. The van der Waals surface area contributed by atoms with Crippen molar-refractivity contribution < 1.29 is 9.53 Å². The van der Waals surface area contributed by atoms with Crippen LogP contribution in [0.5, 0.6) is 0 Å². The number of carbonyl (C=O) groups excluding carboxylic acids is 1. The summed E-state index contributed by atoms with van der Waals surface area (Å²) in [5.74, 6) is -0.283. The van der Waals surface area contributed by atoms with Gasteiger partial charge in [0.05, 0.1) is 12.2 Å². The number of hydrogen-bond acceptors (Lipinski definition) is 4. The van der Waals surface area contributed by atoms with Gasteiger partial charge in [-0.25, -0.2) is 4.79 Å². The second kappa shape index (κ2) is 7.14. The average molecular weight is 264 g/mol. The molecule has 0 saturated heterocycles. The highest BCUT2D eigenvalue weighted by Gasteiger charge is 2.12. The molecule has 19 heavy (non-hydrogen) atoms. The van der Waals surface area contributed by atoms with E-state index in [4.69, 9.17) is 4.74 Å². The molecule has 0 aliphatic rings. The minimum absolute atomic E-state index is 0.0995. The minimum atomic E-state index is -0.283. The Morgan fingerprint density at radius 1 is 1.21 bits per heavy atom. The molecule has 4 nitrogen and oxygen atoms in total. The number of esters is 1. The molecule has 0 heterocycles. The lowest BCUT2D eigenvalue weighted by atomic mass is 10.1. The van der Waals surface area contributed by atoms with E-state index in [9.17, 15) is 4.79 Å². The van der Waals surface area contributed by atoms with Crippen LogP contribution in [0.25, 0.3) is 0 Å². The van der Waals surface area contributed by atoms with Crippen molar-refractivity contribution in [1.82, 2.24) is 5.32 Å². The molecule has 0 radical (unpaired) electrons. The quantitative estimate of drug-likeness (QED) is 0.612. The summed E-state index contributed by atoms with van der Waals surface area (Å²) in [6.45, 7) is 10.2. The SMILES string of the molecule is CCOC(=O)c1ccccc1NCCNC(C)(C)C. The third kappa shape index (κ3) is 5.75. The summed E-state index contributed by atoms with van der Waals surface area (Å²) in [5, 5.41) is 6.65. The zero-order chi connectivity index (χ0) is 14.3. The molecule has 0 fully saturated rings. The number of carbonyl (C=O) groups is 1. The smallest absolute Gasteiger partial charge is 0.340 e. The summed E-state index contributed by atoms with van der Waals surface area (Å²) < 4.78 is 5.03. The van der Waals surface area contributed by atoms with Crippen molar-refractivity contribution in [2.75, 3.05) is 25.0 Å². The Morgan fingerprint density at radius 3 is 2.53 bits per heavy atom. The second-order valence-electron chi connectivity index (χ2n) is 5.37. The van der Waals surface area contributed by atoms with Gasteiger partial charge in [-0.2, -0.15) is 0 Å². The predicted molar refractivity (Wildman–Crippen MR) is 78.6 cm³/mol. The monoisotopic (exact) mass is 264 g/mol. The lowest BCUT2D eigenvalue weighted by molar-refractivity contribution is 0.0527. The van der Waals surface area contributed by atoms with Crippen LogP contribution in [-0.2, 0) is 4.74 Å². The molecule has 1 aromatic rings. The topological polar surface area (TPSA) is 50.4 Å². The van der Waals surface area contributed by atoms with Crippen LogP contribution >= 0.6 is 0 Å². The molecule has 0 atom stereocenters. The number of benzene rings is 1. The molecule has 1 aromatic carbocycles. The maximum atomic E-state index is 11.8. The van der Waals surface area contributed by atoms with Crippen LogP contribution < -0.4 is 10.6 Å². The van der Waals surface area contributed by atoms with Crippen molar-refractivity contribution in [1.29, 1.82) is 0 Å². The number of rotatable bonds is 6. The Hall–Kier alpha value is -1.55. The first-order valence-electron chi connectivity index (χ1n) is 6.69. The van der Waals surface area contributed by atoms with Gasteiger partial charge in [-0.15, -0.1) is 0 Å². The van der Waals surface area contributed by atoms with Gasteiger partial charge in [-0.3, -0.25) is 0 Å². The molecule has 1 rings (SSSR count). The maximum absolute atomic E-state index is 11.8. The van der Waals surface area contributed by atoms with E-state index in [0.29, 0.717) is 12.2 Å². The number of anilines is 1. The van der Waals surface area contributed by atoms with Crippen molar-refractivity contribution in [3.8, 4) is 0 Å². The number of nitrogens with one attached hydrogen (secondary N) is 2. The lowest BCUT2D eigenvalue weighted by Crippen LogP contribution is -2.38. The molecular formula is C15H24N2O2. The molecule has 4 heteroatoms. The van der Waals surface area contributed by atoms with E-state index in [1.165, 1.54) is 0 Å². The highest BCUT2D eigenvalue weighted by atomic mass is 16.5. The molecule has 0 saturated carbocycles. The van der Waals surface area contributed by atoms with Crippen LogP contribution in [0.1, 0.15) is 38.1 Å². The van der Waals surface area contributed by atoms with Gasteiger partial charge in [0.2, 0.25) is 0 Å². The van der Waals surface area contributed by atoms with Crippen molar-refractivity contribution >= 4 is 11.7 Å².